The molecule has 32 heavy (non-hydrogen) atoms. The largest absolute Gasteiger partial charge is 0.492 e. The van der Waals surface area contributed by atoms with E-state index in [1.807, 2.05) is 0 Å². The average molecular weight is 462 g/mol. The second-order valence-electron chi connectivity index (χ2n) is 7.21. The van der Waals surface area contributed by atoms with Crippen LogP contribution in [0.5, 0.6) is 5.75 Å². The first-order valence-electron chi connectivity index (χ1n) is 10.5. The smallest absolute Gasteiger partial charge is 0.339 e. The Morgan fingerprint density at radius 2 is 1.81 bits per heavy atom. The Morgan fingerprint density at radius 1 is 1.09 bits per heavy atom. The zero-order valence-electron chi connectivity index (χ0n) is 18.4. The predicted molar refractivity (Wildman–Crippen MR) is 118 cm³/mol. The van der Waals surface area contributed by atoms with Crippen molar-refractivity contribution in [2.45, 2.75) is 38.5 Å². The fourth-order valence-corrected chi connectivity index (χ4v) is 5.11. The summed E-state index contributed by atoms with van der Waals surface area (Å²) in [6.45, 7) is 6.56. The molecule has 1 saturated heterocycles. The summed E-state index contributed by atoms with van der Waals surface area (Å²) < 4.78 is 38.1. The van der Waals surface area contributed by atoms with E-state index in [-0.39, 0.29) is 28.5 Å². The maximum absolute atomic E-state index is 13.1. The van der Waals surface area contributed by atoms with Gasteiger partial charge in [-0.2, -0.15) is 4.31 Å². The molecule has 1 aromatic carbocycles. The number of pyridine rings is 1. The maximum Gasteiger partial charge on any atom is 0.339 e. The van der Waals surface area contributed by atoms with E-state index in [0.717, 1.165) is 12.8 Å². The van der Waals surface area contributed by atoms with Gasteiger partial charge in [-0.05, 0) is 63.9 Å². The van der Waals surface area contributed by atoms with E-state index < -0.39 is 21.9 Å². The third-order valence-corrected chi connectivity index (χ3v) is 6.92. The molecule has 1 aliphatic rings. The SMILES string of the molecule is CCOC(=O)c1ccc(C(=O)Nc2ccc(OCC)c(S(=O)(=O)N3CCCC3)c2)nc1C. The van der Waals surface area contributed by atoms with Gasteiger partial charge in [-0.3, -0.25) is 4.79 Å². The molecule has 0 aliphatic carbocycles. The fraction of sp³-hybridized carbons (Fsp3) is 0.409. The van der Waals surface area contributed by atoms with Gasteiger partial charge in [-0.25, -0.2) is 18.2 Å². The van der Waals surface area contributed by atoms with Crippen LogP contribution in [0.25, 0.3) is 0 Å². The molecular weight excluding hydrogens is 434 g/mol. The van der Waals surface area contributed by atoms with Crippen molar-refractivity contribution < 1.29 is 27.5 Å². The molecule has 172 valence electrons. The quantitative estimate of drug-likeness (QED) is 0.601. The lowest BCUT2D eigenvalue weighted by molar-refractivity contribution is 0.0524. The molecule has 1 aromatic heterocycles. The molecule has 2 aromatic rings. The Balaban J connectivity index is 1.86. The first-order chi connectivity index (χ1) is 15.3. The standard InChI is InChI=1S/C22H27N3O6S/c1-4-30-19-11-8-16(14-20(19)32(28,29)25-12-6-7-13-25)24-21(26)18-10-9-17(15(3)23-18)22(27)31-5-2/h8-11,14H,4-7,12-13H2,1-3H3,(H,24,26). The second-order valence-corrected chi connectivity index (χ2v) is 9.12. The first kappa shape index (κ1) is 23.7. The lowest BCUT2D eigenvalue weighted by Gasteiger charge is -2.19. The summed E-state index contributed by atoms with van der Waals surface area (Å²) in [5.41, 5.74) is 1.03. The summed E-state index contributed by atoms with van der Waals surface area (Å²) in [7, 11) is -3.75. The average Bonchev–Trinajstić information content (AvgIpc) is 3.31. The minimum atomic E-state index is -3.75. The van der Waals surface area contributed by atoms with Crippen LogP contribution in [0, 0.1) is 6.92 Å². The number of esters is 1. The van der Waals surface area contributed by atoms with Gasteiger partial charge < -0.3 is 14.8 Å². The molecule has 2 heterocycles. The normalized spacial score (nSPS) is 14.2. The van der Waals surface area contributed by atoms with Crippen molar-refractivity contribution in [1.82, 2.24) is 9.29 Å². The van der Waals surface area contributed by atoms with Crippen molar-refractivity contribution in [1.29, 1.82) is 0 Å². The molecule has 3 rings (SSSR count). The molecule has 0 spiro atoms. The minimum Gasteiger partial charge on any atom is -0.492 e. The molecule has 1 aliphatic heterocycles. The van der Waals surface area contributed by atoms with Gasteiger partial charge in [0.2, 0.25) is 10.0 Å². The van der Waals surface area contributed by atoms with Crippen molar-refractivity contribution in [3.8, 4) is 5.75 Å². The van der Waals surface area contributed by atoms with Crippen molar-refractivity contribution in [2.24, 2.45) is 0 Å². The predicted octanol–water partition coefficient (Wildman–Crippen LogP) is 3.00. The number of nitrogens with one attached hydrogen (secondary N) is 1. The van der Waals surface area contributed by atoms with Crippen molar-refractivity contribution in [2.75, 3.05) is 31.6 Å². The summed E-state index contributed by atoms with van der Waals surface area (Å²) in [4.78, 5) is 28.9. The van der Waals surface area contributed by atoms with Crippen LogP contribution >= 0.6 is 0 Å². The lowest BCUT2D eigenvalue weighted by Crippen LogP contribution is -2.28. The molecular formula is C22H27N3O6S. The number of sulfonamides is 1. The van der Waals surface area contributed by atoms with E-state index in [2.05, 4.69) is 10.3 Å². The van der Waals surface area contributed by atoms with Gasteiger partial charge >= 0.3 is 5.97 Å². The van der Waals surface area contributed by atoms with Crippen LogP contribution < -0.4 is 10.1 Å². The Hall–Kier alpha value is -2.98. The van der Waals surface area contributed by atoms with Crippen LogP contribution in [0.2, 0.25) is 0 Å². The highest BCUT2D eigenvalue weighted by molar-refractivity contribution is 7.89. The summed E-state index contributed by atoms with van der Waals surface area (Å²) in [5.74, 6) is -0.796. The van der Waals surface area contributed by atoms with Crippen LogP contribution in [0.1, 0.15) is 53.2 Å². The lowest BCUT2D eigenvalue weighted by atomic mass is 10.2. The Labute approximate surface area is 187 Å². The van der Waals surface area contributed by atoms with Gasteiger partial charge in [0.25, 0.3) is 5.91 Å². The van der Waals surface area contributed by atoms with E-state index in [4.69, 9.17) is 9.47 Å². The summed E-state index contributed by atoms with van der Waals surface area (Å²) >= 11 is 0. The summed E-state index contributed by atoms with van der Waals surface area (Å²) in [6, 6.07) is 7.41. The fourth-order valence-electron chi connectivity index (χ4n) is 3.44. The van der Waals surface area contributed by atoms with Gasteiger partial charge in [0, 0.05) is 18.8 Å². The molecule has 9 nitrogen and oxygen atoms in total. The second kappa shape index (κ2) is 10.1. The highest BCUT2D eigenvalue weighted by Gasteiger charge is 2.30. The van der Waals surface area contributed by atoms with Gasteiger partial charge in [-0.1, -0.05) is 0 Å². The third-order valence-electron chi connectivity index (χ3n) is 5.00. The molecule has 0 unspecified atom stereocenters. The van der Waals surface area contributed by atoms with Gasteiger partial charge in [-0.15, -0.1) is 0 Å². The topological polar surface area (TPSA) is 115 Å². The maximum atomic E-state index is 13.1. The van der Waals surface area contributed by atoms with Crippen LogP contribution in [-0.4, -0.2) is 55.9 Å². The number of aromatic nitrogens is 1. The molecule has 1 amide bonds. The van der Waals surface area contributed by atoms with E-state index in [1.165, 1.54) is 28.6 Å². The van der Waals surface area contributed by atoms with Crippen molar-refractivity contribution >= 4 is 27.6 Å². The summed E-state index contributed by atoms with van der Waals surface area (Å²) in [6.07, 6.45) is 1.62. The number of anilines is 1. The van der Waals surface area contributed by atoms with Crippen LogP contribution in [-0.2, 0) is 14.8 Å². The number of carbonyl (C=O) groups excluding carboxylic acids is 2. The number of amides is 1. The number of rotatable bonds is 8. The monoisotopic (exact) mass is 461 g/mol. The number of hydrogen-bond acceptors (Lipinski definition) is 7. The number of aryl methyl sites for hydroxylation is 1. The highest BCUT2D eigenvalue weighted by Crippen LogP contribution is 2.31. The molecule has 0 saturated carbocycles. The van der Waals surface area contributed by atoms with Crippen LogP contribution in [0.15, 0.2) is 35.2 Å². The number of benzene rings is 1. The molecule has 0 radical (unpaired) electrons. The van der Waals surface area contributed by atoms with Gasteiger partial charge in [0.15, 0.2) is 0 Å². The minimum absolute atomic E-state index is 0.0147. The third kappa shape index (κ3) is 5.08. The van der Waals surface area contributed by atoms with E-state index >= 15 is 0 Å². The molecule has 10 heteroatoms. The summed E-state index contributed by atoms with van der Waals surface area (Å²) in [5, 5.41) is 2.68. The number of nitrogens with zero attached hydrogens (tertiary/aromatic N) is 2. The van der Waals surface area contributed by atoms with Gasteiger partial charge in [0.1, 0.15) is 16.3 Å². The highest BCUT2D eigenvalue weighted by atomic mass is 32.2. The van der Waals surface area contributed by atoms with E-state index in [0.29, 0.717) is 31.1 Å². The number of hydrogen-bond donors (Lipinski definition) is 1. The van der Waals surface area contributed by atoms with Crippen molar-refractivity contribution in [3.63, 3.8) is 0 Å². The number of ether oxygens (including phenoxy) is 2. The number of carbonyl (C=O) groups is 2. The van der Waals surface area contributed by atoms with Crippen LogP contribution in [0.3, 0.4) is 0 Å². The van der Waals surface area contributed by atoms with Gasteiger partial charge in [0.05, 0.1) is 24.5 Å². The van der Waals surface area contributed by atoms with E-state index in [9.17, 15) is 18.0 Å². The molecule has 0 bridgehead atoms. The first-order valence-corrected chi connectivity index (χ1v) is 11.9. The van der Waals surface area contributed by atoms with Crippen molar-refractivity contribution in [3.05, 3.63) is 47.3 Å². The molecule has 0 atom stereocenters. The van der Waals surface area contributed by atoms with Crippen LogP contribution in [0.4, 0.5) is 5.69 Å². The Kier molecular flexibility index (Phi) is 7.47. The Morgan fingerprint density at radius 3 is 2.44 bits per heavy atom. The molecule has 1 N–H and O–H groups in total. The zero-order valence-corrected chi connectivity index (χ0v) is 19.2. The zero-order chi connectivity index (χ0) is 23.3. The van der Waals surface area contributed by atoms with E-state index in [1.54, 1.807) is 26.8 Å². The molecule has 1 fully saturated rings. The Bertz CT molecular complexity index is 1110.